The van der Waals surface area contributed by atoms with Gasteiger partial charge in [0.25, 0.3) is 0 Å². The number of aryl methyl sites for hydroxylation is 2. The van der Waals surface area contributed by atoms with Gasteiger partial charge in [-0.2, -0.15) is 0 Å². The molecule has 1 aromatic carbocycles. The van der Waals surface area contributed by atoms with Gasteiger partial charge in [-0.1, -0.05) is 15.9 Å². The minimum absolute atomic E-state index is 0.198. The Balaban J connectivity index is 3.10. The van der Waals surface area contributed by atoms with Crippen LogP contribution in [0.5, 0.6) is 0 Å². The van der Waals surface area contributed by atoms with Crippen molar-refractivity contribution in [3.05, 3.63) is 27.7 Å². The van der Waals surface area contributed by atoms with Crippen molar-refractivity contribution in [2.75, 3.05) is 6.54 Å². The van der Waals surface area contributed by atoms with E-state index in [-0.39, 0.29) is 6.54 Å². The van der Waals surface area contributed by atoms with Gasteiger partial charge < -0.3 is 5.73 Å². The molecule has 18 heavy (non-hydrogen) atoms. The number of nitrogens with one attached hydrogen (secondary N) is 1. The summed E-state index contributed by atoms with van der Waals surface area (Å²) < 4.78 is 27.8. The molecule has 3 N–H and O–H groups in total. The normalized spacial score (nSPS) is 12.8. The summed E-state index contributed by atoms with van der Waals surface area (Å²) in [5.74, 6) is 0. The highest BCUT2D eigenvalue weighted by molar-refractivity contribution is 9.10. The van der Waals surface area contributed by atoms with Gasteiger partial charge in [-0.3, -0.25) is 0 Å². The lowest BCUT2D eigenvalue weighted by atomic mass is 10.1. The average Bonchev–Trinajstić information content (AvgIpc) is 2.19. The molecule has 0 atom stereocenters. The van der Waals surface area contributed by atoms with Gasteiger partial charge in [0.2, 0.25) is 10.0 Å². The van der Waals surface area contributed by atoms with Gasteiger partial charge in [0.1, 0.15) is 0 Å². The highest BCUT2D eigenvalue weighted by Gasteiger charge is 2.21. The molecule has 0 unspecified atom stereocenters. The smallest absolute Gasteiger partial charge is 0.240 e. The monoisotopic (exact) mass is 334 g/mol. The zero-order valence-electron chi connectivity index (χ0n) is 11.0. The highest BCUT2D eigenvalue weighted by Crippen LogP contribution is 2.24. The molecule has 0 aliphatic heterocycles. The molecule has 6 heteroatoms. The predicted octanol–water partition coefficient (Wildman–Crippen LogP) is 2.08. The van der Waals surface area contributed by atoms with Crippen LogP contribution in [0.25, 0.3) is 0 Å². The van der Waals surface area contributed by atoms with Crippen LogP contribution >= 0.6 is 15.9 Å². The molecule has 0 fully saturated rings. The fourth-order valence-electron chi connectivity index (χ4n) is 1.40. The van der Waals surface area contributed by atoms with E-state index in [2.05, 4.69) is 20.7 Å². The first kappa shape index (κ1) is 15.6. The molecule has 0 aliphatic carbocycles. The summed E-state index contributed by atoms with van der Waals surface area (Å²) in [5.41, 5.74) is 6.79. The molecule has 1 aromatic rings. The van der Waals surface area contributed by atoms with Crippen LogP contribution in [0.15, 0.2) is 21.5 Å². The minimum Gasteiger partial charge on any atom is -0.324 e. The fraction of sp³-hybridized carbons (Fsp3) is 0.500. The maximum atomic E-state index is 12.2. The van der Waals surface area contributed by atoms with E-state index in [0.29, 0.717) is 10.5 Å². The van der Waals surface area contributed by atoms with Gasteiger partial charge in [0, 0.05) is 16.6 Å². The lowest BCUT2D eigenvalue weighted by Crippen LogP contribution is -2.45. The van der Waals surface area contributed by atoms with Gasteiger partial charge >= 0.3 is 0 Å². The van der Waals surface area contributed by atoms with Crippen LogP contribution < -0.4 is 10.5 Å². The van der Waals surface area contributed by atoms with E-state index < -0.39 is 15.6 Å². The van der Waals surface area contributed by atoms with Crippen LogP contribution in [0, 0.1) is 13.8 Å². The zero-order valence-corrected chi connectivity index (χ0v) is 13.4. The Morgan fingerprint density at radius 3 is 2.33 bits per heavy atom. The van der Waals surface area contributed by atoms with E-state index in [1.165, 1.54) is 0 Å². The van der Waals surface area contributed by atoms with Crippen molar-refractivity contribution in [2.45, 2.75) is 38.1 Å². The predicted molar refractivity (Wildman–Crippen MR) is 77.1 cm³/mol. The molecule has 0 spiro atoms. The lowest BCUT2D eigenvalue weighted by Gasteiger charge is -2.19. The number of hydrogen-bond donors (Lipinski definition) is 2. The maximum absolute atomic E-state index is 12.2. The van der Waals surface area contributed by atoms with Crippen LogP contribution in [-0.4, -0.2) is 20.5 Å². The largest absolute Gasteiger partial charge is 0.324 e. The first-order valence-electron chi connectivity index (χ1n) is 5.58. The molecule has 0 saturated heterocycles. The Labute approximate surface area is 117 Å². The Hall–Kier alpha value is -0.430. The summed E-state index contributed by atoms with van der Waals surface area (Å²) in [6.45, 7) is 7.37. The van der Waals surface area contributed by atoms with Gasteiger partial charge in [-0.25, -0.2) is 13.1 Å². The van der Waals surface area contributed by atoms with E-state index in [9.17, 15) is 8.42 Å². The van der Waals surface area contributed by atoms with Gasteiger partial charge in [-0.05, 0) is 51.0 Å². The molecular weight excluding hydrogens is 316 g/mol. The van der Waals surface area contributed by atoms with Crippen molar-refractivity contribution in [1.29, 1.82) is 0 Å². The molecular formula is C12H19BrN2O2S. The molecule has 0 bridgehead atoms. The average molecular weight is 335 g/mol. The molecule has 0 amide bonds. The highest BCUT2D eigenvalue weighted by atomic mass is 79.9. The van der Waals surface area contributed by atoms with Crippen molar-refractivity contribution >= 4 is 26.0 Å². The molecule has 0 aliphatic rings. The third-order valence-corrected chi connectivity index (χ3v) is 4.86. The summed E-state index contributed by atoms with van der Waals surface area (Å²) in [6.07, 6.45) is 0. The summed E-state index contributed by atoms with van der Waals surface area (Å²) in [6, 6.07) is 3.46. The zero-order chi connectivity index (χ0) is 14.1. The van der Waals surface area contributed by atoms with Crippen molar-refractivity contribution in [1.82, 2.24) is 4.72 Å². The lowest BCUT2D eigenvalue weighted by molar-refractivity contribution is 0.497. The van der Waals surface area contributed by atoms with Crippen molar-refractivity contribution in [2.24, 2.45) is 5.73 Å². The quantitative estimate of drug-likeness (QED) is 0.885. The third kappa shape index (κ3) is 4.05. The number of halogens is 1. The molecule has 0 heterocycles. The summed E-state index contributed by atoms with van der Waals surface area (Å²) in [5, 5.41) is 0. The number of hydrogen-bond acceptors (Lipinski definition) is 3. The molecule has 0 aromatic heterocycles. The number of rotatable bonds is 4. The first-order valence-corrected chi connectivity index (χ1v) is 7.86. The number of nitrogens with two attached hydrogens (primary N) is 1. The SMILES string of the molecule is Cc1cc(S(=O)(=O)NCC(C)(C)N)c(C)cc1Br. The summed E-state index contributed by atoms with van der Waals surface area (Å²) in [7, 11) is -3.51. The van der Waals surface area contributed by atoms with Crippen LogP contribution in [0.1, 0.15) is 25.0 Å². The third-order valence-electron chi connectivity index (χ3n) is 2.46. The Morgan fingerprint density at radius 1 is 1.28 bits per heavy atom. The summed E-state index contributed by atoms with van der Waals surface area (Å²) >= 11 is 3.38. The molecule has 4 nitrogen and oxygen atoms in total. The number of sulfonamides is 1. The second-order valence-electron chi connectivity index (χ2n) is 5.18. The molecule has 1 rings (SSSR count). The van der Waals surface area contributed by atoms with E-state index in [1.54, 1.807) is 32.9 Å². The van der Waals surface area contributed by atoms with Crippen LogP contribution in [-0.2, 0) is 10.0 Å². The topological polar surface area (TPSA) is 72.2 Å². The van der Waals surface area contributed by atoms with Crippen LogP contribution in [0.4, 0.5) is 0 Å². The van der Waals surface area contributed by atoms with Gasteiger partial charge in [-0.15, -0.1) is 0 Å². The second kappa shape index (κ2) is 5.28. The Bertz CT molecular complexity index is 548. The molecule has 0 saturated carbocycles. The Kier molecular flexibility index (Phi) is 4.59. The minimum atomic E-state index is -3.51. The second-order valence-corrected chi connectivity index (χ2v) is 7.77. The fourth-order valence-corrected chi connectivity index (χ4v) is 3.39. The van der Waals surface area contributed by atoms with Crippen molar-refractivity contribution in [3.63, 3.8) is 0 Å². The number of benzene rings is 1. The van der Waals surface area contributed by atoms with E-state index in [0.717, 1.165) is 10.0 Å². The van der Waals surface area contributed by atoms with E-state index in [4.69, 9.17) is 5.73 Å². The summed E-state index contributed by atoms with van der Waals surface area (Å²) in [4.78, 5) is 0.299. The van der Waals surface area contributed by atoms with Gasteiger partial charge in [0.15, 0.2) is 0 Å². The Morgan fingerprint density at radius 2 is 1.83 bits per heavy atom. The van der Waals surface area contributed by atoms with E-state index in [1.807, 2.05) is 6.92 Å². The van der Waals surface area contributed by atoms with Crippen molar-refractivity contribution < 1.29 is 8.42 Å². The molecule has 102 valence electrons. The molecule has 0 radical (unpaired) electrons. The van der Waals surface area contributed by atoms with Crippen molar-refractivity contribution in [3.8, 4) is 0 Å². The van der Waals surface area contributed by atoms with E-state index >= 15 is 0 Å². The first-order chi connectivity index (χ1) is 8.03. The standard InChI is InChI=1S/C12H19BrN2O2S/c1-8-6-11(9(2)5-10(8)13)18(16,17)15-7-12(3,4)14/h5-6,15H,7,14H2,1-4H3. The van der Waals surface area contributed by atoms with Crippen LogP contribution in [0.2, 0.25) is 0 Å². The maximum Gasteiger partial charge on any atom is 0.240 e. The van der Waals surface area contributed by atoms with Crippen LogP contribution in [0.3, 0.4) is 0 Å². The van der Waals surface area contributed by atoms with Gasteiger partial charge in [0.05, 0.1) is 4.90 Å².